The molecule has 45 heavy (non-hydrogen) atoms. The number of hydrogen-bond acceptors (Lipinski definition) is 4. The lowest BCUT2D eigenvalue weighted by Crippen LogP contribution is -2.51. The van der Waals surface area contributed by atoms with E-state index < -0.39 is 45.7 Å². The summed E-state index contributed by atoms with van der Waals surface area (Å²) < 4.78 is 87.0. The Balaban J connectivity index is 1.73. The minimum Gasteiger partial charge on any atom is -0.481 e. The van der Waals surface area contributed by atoms with Crippen LogP contribution in [0.5, 0.6) is 11.6 Å². The molecule has 236 valence electrons. The molecule has 3 aromatic carbocycles. The molecule has 1 unspecified atom stereocenters. The zero-order chi connectivity index (χ0) is 32.5. The van der Waals surface area contributed by atoms with Crippen molar-refractivity contribution in [3.63, 3.8) is 0 Å². The van der Waals surface area contributed by atoms with Gasteiger partial charge in [0.25, 0.3) is 0 Å². The van der Waals surface area contributed by atoms with Gasteiger partial charge < -0.3 is 15.2 Å². The molecule has 1 aromatic heterocycles. The maximum atomic E-state index is 13.5. The predicted molar refractivity (Wildman–Crippen MR) is 155 cm³/mol. The lowest BCUT2D eigenvalue weighted by Gasteiger charge is -2.48. The zero-order valence-corrected chi connectivity index (χ0v) is 24.3. The van der Waals surface area contributed by atoms with Crippen LogP contribution in [0, 0.1) is 5.41 Å². The highest BCUT2D eigenvalue weighted by molar-refractivity contribution is 6.27. The summed E-state index contributed by atoms with van der Waals surface area (Å²) >= 11 is 7.57. The molecule has 1 atom stereocenters. The summed E-state index contributed by atoms with van der Waals surface area (Å²) in [5, 5.41) is 13.9. The number of halogens is 7. The molecule has 0 aliphatic carbocycles. The second kappa shape index (κ2) is 12.4. The molecule has 1 fully saturated rings. The first-order chi connectivity index (χ1) is 21.2. The van der Waals surface area contributed by atoms with E-state index in [4.69, 9.17) is 16.3 Å². The highest BCUT2D eigenvalue weighted by Gasteiger charge is 2.57. The van der Waals surface area contributed by atoms with Gasteiger partial charge in [0.1, 0.15) is 10.6 Å². The van der Waals surface area contributed by atoms with Gasteiger partial charge in [0.05, 0.1) is 16.5 Å². The summed E-state index contributed by atoms with van der Waals surface area (Å²) in [4.78, 5) is 15.5. The number of benzene rings is 3. The number of nitrogens with one attached hydrogen (secondary N) is 1. The largest absolute Gasteiger partial charge is 0.481 e. The number of piperidine rings is 1. The van der Waals surface area contributed by atoms with Crippen molar-refractivity contribution in [3.8, 4) is 11.6 Å². The SMILES string of the molecule is O=C(O)C1(C(c2ccc(Oc3ccccn3)cc2)C(Cl)(c2ccc(C(F)(F)F)cc2)c2ccc(C(F)(F)F)cc2)CCNCC1. The average molecular weight is 649 g/mol. The van der Waals surface area contributed by atoms with Crippen molar-refractivity contribution in [2.75, 3.05) is 13.1 Å². The van der Waals surface area contributed by atoms with Gasteiger partial charge in [-0.2, -0.15) is 26.3 Å². The van der Waals surface area contributed by atoms with Gasteiger partial charge in [0.15, 0.2) is 0 Å². The van der Waals surface area contributed by atoms with Gasteiger partial charge in [0.2, 0.25) is 5.88 Å². The molecule has 0 saturated carbocycles. The highest BCUT2D eigenvalue weighted by Crippen LogP contribution is 2.59. The van der Waals surface area contributed by atoms with Gasteiger partial charge in [-0.05, 0) is 85.1 Å². The van der Waals surface area contributed by atoms with E-state index in [2.05, 4.69) is 10.3 Å². The third kappa shape index (κ3) is 6.50. The molecular formula is C33H27ClF6N2O3. The molecule has 1 saturated heterocycles. The standard InChI is InChI=1S/C33H27ClF6N2O3/c34-31(22-6-10-24(11-7-22)32(35,36)37,23-8-12-25(13-9-23)33(38,39)40)28(30(29(43)44)16-19-41-20-17-30)21-4-14-26(15-5-21)45-27-3-1-2-18-42-27/h1-15,18,28,41H,16-17,19-20H2,(H,43,44). The second-order valence-corrected chi connectivity index (χ2v) is 11.4. The lowest BCUT2D eigenvalue weighted by atomic mass is 9.58. The fraction of sp³-hybridized carbons (Fsp3) is 0.273. The van der Waals surface area contributed by atoms with Gasteiger partial charge in [-0.25, -0.2) is 4.98 Å². The molecule has 1 aliphatic rings. The summed E-state index contributed by atoms with van der Waals surface area (Å²) in [5.41, 5.74) is -2.89. The summed E-state index contributed by atoms with van der Waals surface area (Å²) in [6.45, 7) is 0.604. The molecule has 2 heterocycles. The van der Waals surface area contributed by atoms with Gasteiger partial charge in [-0.15, -0.1) is 11.6 Å². The van der Waals surface area contributed by atoms with Crippen molar-refractivity contribution >= 4 is 17.6 Å². The summed E-state index contributed by atoms with van der Waals surface area (Å²) in [5.74, 6) is -1.67. The molecule has 12 heteroatoms. The molecule has 4 aromatic rings. The van der Waals surface area contributed by atoms with Crippen molar-refractivity contribution < 1.29 is 41.0 Å². The summed E-state index contributed by atoms with van der Waals surface area (Å²) in [6, 6.07) is 19.4. The van der Waals surface area contributed by atoms with Gasteiger partial charge in [0, 0.05) is 18.2 Å². The van der Waals surface area contributed by atoms with Crippen LogP contribution in [-0.4, -0.2) is 29.1 Å². The van der Waals surface area contributed by atoms with Crippen LogP contribution in [0.4, 0.5) is 26.3 Å². The minimum absolute atomic E-state index is 0.0922. The quantitative estimate of drug-likeness (QED) is 0.148. The zero-order valence-electron chi connectivity index (χ0n) is 23.5. The second-order valence-electron chi connectivity index (χ2n) is 10.8. The molecular weight excluding hydrogens is 622 g/mol. The lowest BCUT2D eigenvalue weighted by molar-refractivity contribution is -0.153. The molecule has 5 rings (SSSR count). The number of hydrogen-bond donors (Lipinski definition) is 2. The van der Waals surface area contributed by atoms with E-state index in [9.17, 15) is 36.2 Å². The number of aliphatic carboxylic acids is 1. The van der Waals surface area contributed by atoms with Crippen molar-refractivity contribution in [1.29, 1.82) is 0 Å². The average Bonchev–Trinajstić information content (AvgIpc) is 3.02. The van der Waals surface area contributed by atoms with Crippen LogP contribution in [-0.2, 0) is 22.0 Å². The maximum Gasteiger partial charge on any atom is 0.416 e. The molecule has 0 amide bonds. The Hall–Kier alpha value is -4.09. The van der Waals surface area contributed by atoms with Gasteiger partial charge >= 0.3 is 18.3 Å². The van der Waals surface area contributed by atoms with Crippen LogP contribution >= 0.6 is 11.6 Å². The molecule has 5 nitrogen and oxygen atoms in total. The third-order valence-corrected chi connectivity index (χ3v) is 8.87. The fourth-order valence-electron chi connectivity index (χ4n) is 5.99. The van der Waals surface area contributed by atoms with Crippen LogP contribution in [0.25, 0.3) is 0 Å². The van der Waals surface area contributed by atoms with Crippen LogP contribution in [0.3, 0.4) is 0 Å². The fourth-order valence-corrected chi connectivity index (χ4v) is 6.58. The number of pyridine rings is 1. The highest BCUT2D eigenvalue weighted by atomic mass is 35.5. The van der Waals surface area contributed by atoms with Crippen molar-refractivity contribution in [2.24, 2.45) is 5.41 Å². The first-order valence-electron chi connectivity index (χ1n) is 13.9. The van der Waals surface area contributed by atoms with Crippen LogP contribution < -0.4 is 10.1 Å². The molecule has 0 bridgehead atoms. The van der Waals surface area contributed by atoms with E-state index in [0.29, 0.717) is 30.3 Å². The number of ether oxygens (including phenoxy) is 1. The number of carbonyl (C=O) groups is 1. The number of carboxylic acids is 1. The topological polar surface area (TPSA) is 71.5 Å². The van der Waals surface area contributed by atoms with E-state index in [1.165, 1.54) is 0 Å². The number of nitrogens with zero attached hydrogens (tertiary/aromatic N) is 1. The van der Waals surface area contributed by atoms with E-state index >= 15 is 0 Å². The number of carboxylic acid groups (broad SMARTS) is 1. The van der Waals surface area contributed by atoms with Crippen molar-refractivity contribution in [2.45, 2.75) is 36.0 Å². The Morgan fingerprint density at radius 2 is 1.27 bits per heavy atom. The number of alkyl halides is 7. The van der Waals surface area contributed by atoms with E-state index in [1.807, 2.05) is 0 Å². The number of aromatic nitrogens is 1. The van der Waals surface area contributed by atoms with Gasteiger partial charge in [-0.1, -0.05) is 42.5 Å². The Bertz CT molecular complexity index is 1550. The van der Waals surface area contributed by atoms with E-state index in [-0.39, 0.29) is 24.0 Å². The Labute approximate surface area is 259 Å². The Morgan fingerprint density at radius 1 is 0.778 bits per heavy atom. The van der Waals surface area contributed by atoms with Crippen LogP contribution in [0.15, 0.2) is 97.2 Å². The molecule has 2 N–H and O–H groups in total. The molecule has 0 radical (unpaired) electrons. The normalized spacial score (nSPS) is 16.2. The first kappa shape index (κ1) is 32.3. The Kier molecular flexibility index (Phi) is 8.88. The van der Waals surface area contributed by atoms with Crippen molar-refractivity contribution in [1.82, 2.24) is 10.3 Å². The summed E-state index contributed by atoms with van der Waals surface area (Å²) in [7, 11) is 0. The first-order valence-corrected chi connectivity index (χ1v) is 14.3. The van der Waals surface area contributed by atoms with E-state index in [0.717, 1.165) is 48.5 Å². The molecule has 0 spiro atoms. The minimum atomic E-state index is -4.66. The monoisotopic (exact) mass is 648 g/mol. The van der Waals surface area contributed by atoms with E-state index in [1.54, 1.807) is 48.7 Å². The van der Waals surface area contributed by atoms with Crippen molar-refractivity contribution in [3.05, 3.63) is 125 Å². The van der Waals surface area contributed by atoms with Crippen LogP contribution in [0.2, 0.25) is 0 Å². The summed E-state index contributed by atoms with van der Waals surface area (Å²) in [6.07, 6.45) is -7.60. The van der Waals surface area contributed by atoms with Crippen LogP contribution in [0.1, 0.15) is 46.6 Å². The maximum absolute atomic E-state index is 13.5. The third-order valence-electron chi connectivity index (χ3n) is 8.21. The Morgan fingerprint density at radius 3 is 1.69 bits per heavy atom. The molecule has 1 aliphatic heterocycles. The predicted octanol–water partition coefficient (Wildman–Crippen LogP) is 8.63. The smallest absolute Gasteiger partial charge is 0.416 e. The van der Waals surface area contributed by atoms with Gasteiger partial charge in [-0.3, -0.25) is 4.79 Å². The number of rotatable bonds is 8.